The molecule has 2 aliphatic heterocycles. The quantitative estimate of drug-likeness (QED) is 0.248. The molecule has 2 saturated heterocycles. The maximum absolute atomic E-state index is 13.9. The van der Waals surface area contributed by atoms with Crippen LogP contribution in [-0.2, 0) is 14.8 Å². The fourth-order valence-corrected chi connectivity index (χ4v) is 13.4. The molecule has 1 unspecified atom stereocenters. The zero-order valence-electron chi connectivity index (χ0n) is 30.6. The van der Waals surface area contributed by atoms with E-state index in [1.807, 2.05) is 18.7 Å². The van der Waals surface area contributed by atoms with Crippen molar-refractivity contribution >= 4 is 44.2 Å². The zero-order valence-corrected chi connectivity index (χ0v) is 32.2. The minimum atomic E-state index is -3.73. The Morgan fingerprint density at radius 3 is 2.10 bits per heavy atom. The topological polar surface area (TPSA) is 112 Å². The molecule has 4 saturated carbocycles. The highest BCUT2D eigenvalue weighted by atomic mass is 32.2. The van der Waals surface area contributed by atoms with Gasteiger partial charge in [0, 0.05) is 43.8 Å². The van der Waals surface area contributed by atoms with Gasteiger partial charge in [-0.3, -0.25) is 4.79 Å². The maximum atomic E-state index is 13.9. The monoisotopic (exact) mass is 750 g/mol. The van der Waals surface area contributed by atoms with E-state index in [0.29, 0.717) is 47.5 Å². The van der Waals surface area contributed by atoms with Crippen LogP contribution < -0.4 is 4.74 Å². The average Bonchev–Trinajstić information content (AvgIpc) is 3.84. The van der Waals surface area contributed by atoms with Gasteiger partial charge < -0.3 is 24.5 Å². The van der Waals surface area contributed by atoms with E-state index in [4.69, 9.17) is 4.74 Å². The summed E-state index contributed by atoms with van der Waals surface area (Å²) in [6, 6.07) is 10.1. The summed E-state index contributed by atoms with van der Waals surface area (Å²) in [6.07, 6.45) is 12.2. The third kappa shape index (κ3) is 6.76. The van der Waals surface area contributed by atoms with E-state index in [1.165, 1.54) is 40.8 Å². The number of hydrogen-bond acceptors (Lipinski definition) is 7. The van der Waals surface area contributed by atoms with E-state index in [0.717, 1.165) is 75.8 Å². The Morgan fingerprint density at radius 1 is 0.904 bits per heavy atom. The van der Waals surface area contributed by atoms with E-state index in [-0.39, 0.29) is 34.8 Å². The highest BCUT2D eigenvalue weighted by molar-refractivity contribution is 7.92. The largest absolute Gasteiger partial charge is 0.490 e. The van der Waals surface area contributed by atoms with E-state index in [1.54, 1.807) is 46.7 Å². The summed E-state index contributed by atoms with van der Waals surface area (Å²) < 4.78 is 33.9. The Morgan fingerprint density at radius 2 is 1.52 bits per heavy atom. The number of fused-ring (bicyclic) bond motifs is 1. The molecule has 3 amide bonds. The first kappa shape index (κ1) is 35.9. The standard InChI is InChI=1S/C40H54N4O6S2/c1-27(2)43(25-33(45)26-50-36-6-3-5-35-34(36)12-17-44(35)52(48,49)37-7-4-18-51-37)39(47)42-15-10-32(11-16-42)31-8-13-41(14-9-31)38(46)40-22-28-19-29(23-40)21-30(20-28)24-40/h3-7,12,17-18,27-33,45H,8-11,13-16,19-26H2,1-2H3. The van der Waals surface area contributed by atoms with Crippen LogP contribution >= 0.6 is 11.3 Å². The van der Waals surface area contributed by atoms with Crippen LogP contribution in [0.1, 0.15) is 78.1 Å². The first-order chi connectivity index (χ1) is 25.0. The van der Waals surface area contributed by atoms with Crippen molar-refractivity contribution in [1.82, 2.24) is 18.7 Å². The Balaban J connectivity index is 0.817. The van der Waals surface area contributed by atoms with Crippen molar-refractivity contribution in [3.8, 4) is 5.75 Å². The number of benzene rings is 1. The van der Waals surface area contributed by atoms with Gasteiger partial charge in [0.05, 0.1) is 17.5 Å². The number of piperidine rings is 2. The number of aliphatic hydroxyl groups is 1. The number of ether oxygens (including phenoxy) is 1. The van der Waals surface area contributed by atoms with Crippen molar-refractivity contribution in [2.45, 2.75) is 94.4 Å². The molecule has 1 aromatic carbocycles. The lowest BCUT2D eigenvalue weighted by Gasteiger charge is -2.57. The summed E-state index contributed by atoms with van der Waals surface area (Å²) in [5.41, 5.74) is 0.449. The van der Waals surface area contributed by atoms with Gasteiger partial charge in [-0.2, -0.15) is 8.42 Å². The van der Waals surface area contributed by atoms with E-state index >= 15 is 0 Å². The first-order valence-corrected chi connectivity index (χ1v) is 21.9. The Hall–Kier alpha value is -3.09. The summed E-state index contributed by atoms with van der Waals surface area (Å²) in [5, 5.41) is 13.4. The van der Waals surface area contributed by atoms with E-state index in [9.17, 15) is 23.1 Å². The molecule has 1 N–H and O–H groups in total. The molecule has 6 aliphatic rings. The molecule has 4 aliphatic carbocycles. The smallest absolute Gasteiger partial charge is 0.320 e. The minimum Gasteiger partial charge on any atom is -0.490 e. The third-order valence-corrected chi connectivity index (χ3v) is 16.2. The first-order valence-electron chi connectivity index (χ1n) is 19.6. The number of nitrogens with zero attached hydrogens (tertiary/aromatic N) is 4. The molecule has 12 heteroatoms. The number of carbonyl (C=O) groups is 2. The molecule has 9 rings (SSSR count). The Kier molecular flexibility index (Phi) is 9.87. The lowest BCUT2D eigenvalue weighted by atomic mass is 9.49. The number of hydrogen-bond donors (Lipinski definition) is 1. The molecule has 0 spiro atoms. The molecular formula is C40H54N4O6S2. The van der Waals surface area contributed by atoms with E-state index in [2.05, 4.69) is 4.90 Å². The number of carbonyl (C=O) groups excluding carboxylic acids is 2. The van der Waals surface area contributed by atoms with Crippen molar-refractivity contribution in [2.24, 2.45) is 35.0 Å². The molecule has 1 atom stereocenters. The van der Waals surface area contributed by atoms with Crippen molar-refractivity contribution in [2.75, 3.05) is 39.3 Å². The van der Waals surface area contributed by atoms with Gasteiger partial charge >= 0.3 is 6.03 Å². The number of likely N-dealkylation sites (tertiary alicyclic amines) is 2. The second kappa shape index (κ2) is 14.3. The summed E-state index contributed by atoms with van der Waals surface area (Å²) >= 11 is 1.17. The minimum absolute atomic E-state index is 0.0371. The van der Waals surface area contributed by atoms with Crippen molar-refractivity contribution in [1.29, 1.82) is 0 Å². The molecule has 10 nitrogen and oxygen atoms in total. The van der Waals surface area contributed by atoms with Gasteiger partial charge in [-0.15, -0.1) is 11.3 Å². The lowest BCUT2D eigenvalue weighted by molar-refractivity contribution is -0.159. The number of thiophene rings is 1. The van der Waals surface area contributed by atoms with Crippen LogP contribution in [0.2, 0.25) is 0 Å². The number of amides is 3. The van der Waals surface area contributed by atoms with Crippen LogP contribution in [0.3, 0.4) is 0 Å². The second-order valence-corrected chi connectivity index (χ2v) is 19.9. The summed E-state index contributed by atoms with van der Waals surface area (Å²) in [7, 11) is -3.73. The zero-order chi connectivity index (χ0) is 36.2. The van der Waals surface area contributed by atoms with Crippen LogP contribution in [0.5, 0.6) is 5.75 Å². The third-order valence-electron chi connectivity index (χ3n) is 13.2. The summed E-state index contributed by atoms with van der Waals surface area (Å²) in [4.78, 5) is 33.6. The van der Waals surface area contributed by atoms with Gasteiger partial charge in [0.1, 0.15) is 22.7 Å². The summed E-state index contributed by atoms with van der Waals surface area (Å²) in [6.45, 7) is 7.22. The predicted octanol–water partition coefficient (Wildman–Crippen LogP) is 6.68. The van der Waals surface area contributed by atoms with Crippen molar-refractivity contribution in [3.05, 3.63) is 48.0 Å². The van der Waals surface area contributed by atoms with Crippen LogP contribution in [0, 0.1) is 35.0 Å². The molecule has 0 radical (unpaired) electrons. The SMILES string of the molecule is CC(C)N(CC(O)COc1cccc2c1ccn2S(=O)(=O)c1cccs1)C(=O)N1CCC(C2CCN(C(=O)C34CC5CC(CC(C5)C3)C4)CC2)CC1. The average molecular weight is 751 g/mol. The molecule has 4 heterocycles. The van der Waals surface area contributed by atoms with Crippen LogP contribution in [-0.4, -0.2) is 95.6 Å². The van der Waals surface area contributed by atoms with Crippen LogP contribution in [0.25, 0.3) is 10.9 Å². The predicted molar refractivity (Wildman–Crippen MR) is 202 cm³/mol. The van der Waals surface area contributed by atoms with Crippen LogP contribution in [0.4, 0.5) is 4.79 Å². The highest BCUT2D eigenvalue weighted by Crippen LogP contribution is 2.60. The Labute approximate surface area is 312 Å². The molecule has 6 fully saturated rings. The fraction of sp³-hybridized carbons (Fsp3) is 0.650. The highest BCUT2D eigenvalue weighted by Gasteiger charge is 2.55. The van der Waals surface area contributed by atoms with Gasteiger partial charge in [-0.25, -0.2) is 8.77 Å². The second-order valence-electron chi connectivity index (χ2n) is 16.9. The molecule has 282 valence electrons. The fourth-order valence-electron chi connectivity index (χ4n) is 11.0. The van der Waals surface area contributed by atoms with Gasteiger partial charge in [-0.05, 0) is 137 Å². The van der Waals surface area contributed by atoms with Gasteiger partial charge in [0.15, 0.2) is 0 Å². The van der Waals surface area contributed by atoms with Crippen LogP contribution in [0.15, 0.2) is 52.2 Å². The summed E-state index contributed by atoms with van der Waals surface area (Å²) in [5.74, 6) is 4.49. The van der Waals surface area contributed by atoms with Gasteiger partial charge in [0.25, 0.3) is 10.0 Å². The molecule has 2 aromatic heterocycles. The number of aromatic nitrogens is 1. The number of urea groups is 1. The normalized spacial score (nSPS) is 27.4. The number of rotatable bonds is 10. The molecule has 4 bridgehead atoms. The maximum Gasteiger partial charge on any atom is 0.320 e. The molecule has 52 heavy (non-hydrogen) atoms. The molecular weight excluding hydrogens is 697 g/mol. The molecule has 3 aromatic rings. The van der Waals surface area contributed by atoms with Crippen molar-refractivity contribution in [3.63, 3.8) is 0 Å². The van der Waals surface area contributed by atoms with Gasteiger partial charge in [-0.1, -0.05) is 12.1 Å². The van der Waals surface area contributed by atoms with E-state index < -0.39 is 16.1 Å². The number of aliphatic hydroxyl groups excluding tert-OH is 1. The van der Waals surface area contributed by atoms with Gasteiger partial charge in [0.2, 0.25) is 5.91 Å². The lowest BCUT2D eigenvalue weighted by Crippen LogP contribution is -2.56. The van der Waals surface area contributed by atoms with Crippen molar-refractivity contribution < 1.29 is 27.9 Å². The Bertz CT molecular complexity index is 1820.